The molecule has 80 valence electrons. The molecule has 0 spiro atoms. The summed E-state index contributed by atoms with van der Waals surface area (Å²) < 4.78 is 0.327. The van der Waals surface area contributed by atoms with Crippen LogP contribution in [0.2, 0.25) is 0 Å². The molecule has 15 heavy (non-hydrogen) atoms. The molecule has 1 aromatic rings. The molecule has 0 heterocycles. The third kappa shape index (κ3) is 3.10. The molecule has 0 saturated heterocycles. The highest BCUT2D eigenvalue weighted by molar-refractivity contribution is 9.10. The number of ketones is 1. The smallest absolute Gasteiger partial charge is 0.283 e. The first-order valence-corrected chi connectivity index (χ1v) is 6.01. The average Bonchev–Trinajstić information content (AvgIpc) is 2.17. The minimum atomic E-state index is -0.497. The Labute approximate surface area is 103 Å². The van der Waals surface area contributed by atoms with Crippen molar-refractivity contribution < 1.29 is 9.72 Å². The summed E-state index contributed by atoms with van der Waals surface area (Å²) in [5.74, 6) is -0.0394. The van der Waals surface area contributed by atoms with E-state index in [0.29, 0.717) is 21.8 Å². The lowest BCUT2D eigenvalue weighted by Crippen LogP contribution is -2.00. The number of nitro groups is 1. The Hall–Kier alpha value is -0.750. The van der Waals surface area contributed by atoms with E-state index in [9.17, 15) is 14.9 Å². The van der Waals surface area contributed by atoms with Crippen molar-refractivity contribution in [2.75, 3.05) is 5.33 Å². The number of Topliss-reactive ketones (excluding diaryl/α,β-unsaturated/α-hetero) is 1. The third-order valence-electron chi connectivity index (χ3n) is 1.79. The van der Waals surface area contributed by atoms with E-state index in [1.165, 1.54) is 18.2 Å². The maximum Gasteiger partial charge on any atom is 0.283 e. The molecule has 0 aliphatic heterocycles. The maximum atomic E-state index is 11.5. The molecule has 0 aliphatic rings. The highest BCUT2D eigenvalue weighted by Gasteiger charge is 2.14. The lowest BCUT2D eigenvalue weighted by atomic mass is 10.1. The van der Waals surface area contributed by atoms with Gasteiger partial charge in [-0.2, -0.15) is 0 Å². The molecule has 1 aromatic carbocycles. The Morgan fingerprint density at radius 2 is 2.13 bits per heavy atom. The van der Waals surface area contributed by atoms with Crippen molar-refractivity contribution in [3.8, 4) is 0 Å². The quantitative estimate of drug-likeness (QED) is 0.367. The molecule has 0 fully saturated rings. The van der Waals surface area contributed by atoms with Crippen LogP contribution in [0.4, 0.5) is 5.69 Å². The summed E-state index contributed by atoms with van der Waals surface area (Å²) in [4.78, 5) is 21.5. The van der Waals surface area contributed by atoms with E-state index < -0.39 is 4.92 Å². The standard InChI is InChI=1S/C9H7Br2NO3/c10-4-3-9(13)6-1-2-8(12(14)15)7(11)5-6/h1-2,5H,3-4H2. The van der Waals surface area contributed by atoms with Gasteiger partial charge in [0.25, 0.3) is 5.69 Å². The van der Waals surface area contributed by atoms with Gasteiger partial charge in [-0.05, 0) is 28.1 Å². The van der Waals surface area contributed by atoms with Crippen molar-refractivity contribution in [3.05, 3.63) is 38.3 Å². The summed E-state index contributed by atoms with van der Waals surface area (Å²) in [6.45, 7) is 0. The van der Waals surface area contributed by atoms with E-state index >= 15 is 0 Å². The van der Waals surface area contributed by atoms with Gasteiger partial charge in [0.15, 0.2) is 5.78 Å². The minimum Gasteiger partial charge on any atom is -0.294 e. The average molecular weight is 337 g/mol. The zero-order chi connectivity index (χ0) is 11.4. The van der Waals surface area contributed by atoms with Crippen LogP contribution in [0.1, 0.15) is 16.8 Å². The van der Waals surface area contributed by atoms with Crippen molar-refractivity contribution in [2.24, 2.45) is 0 Å². The SMILES string of the molecule is O=C(CCBr)c1ccc([N+](=O)[O-])c(Br)c1. The number of hydrogen-bond donors (Lipinski definition) is 0. The Morgan fingerprint density at radius 3 is 2.60 bits per heavy atom. The van der Waals surface area contributed by atoms with Crippen molar-refractivity contribution in [3.63, 3.8) is 0 Å². The van der Waals surface area contributed by atoms with Crippen molar-refractivity contribution in [1.29, 1.82) is 0 Å². The summed E-state index contributed by atoms with van der Waals surface area (Å²) >= 11 is 6.22. The van der Waals surface area contributed by atoms with Gasteiger partial charge in [0.1, 0.15) is 0 Å². The van der Waals surface area contributed by atoms with Crippen LogP contribution in [0.3, 0.4) is 0 Å². The fraction of sp³-hybridized carbons (Fsp3) is 0.222. The predicted molar refractivity (Wildman–Crippen MR) is 63.5 cm³/mol. The number of nitrogens with zero attached hydrogens (tertiary/aromatic N) is 1. The Morgan fingerprint density at radius 1 is 1.47 bits per heavy atom. The van der Waals surface area contributed by atoms with E-state index in [4.69, 9.17) is 0 Å². The number of halogens is 2. The second kappa shape index (κ2) is 5.37. The minimum absolute atomic E-state index is 0.0367. The number of carbonyl (C=O) groups is 1. The predicted octanol–water partition coefficient (Wildman–Crippen LogP) is 3.33. The first-order valence-electron chi connectivity index (χ1n) is 4.09. The summed E-state index contributed by atoms with van der Waals surface area (Å²) in [5, 5.41) is 11.1. The zero-order valence-electron chi connectivity index (χ0n) is 7.57. The van der Waals surface area contributed by atoms with Gasteiger partial charge in [-0.1, -0.05) is 15.9 Å². The number of alkyl halides is 1. The lowest BCUT2D eigenvalue weighted by Gasteiger charge is -2.00. The van der Waals surface area contributed by atoms with Gasteiger partial charge in [0.2, 0.25) is 0 Å². The fourth-order valence-electron chi connectivity index (χ4n) is 1.06. The largest absolute Gasteiger partial charge is 0.294 e. The maximum absolute atomic E-state index is 11.5. The van der Waals surface area contributed by atoms with E-state index in [2.05, 4.69) is 31.9 Å². The molecular formula is C9H7Br2NO3. The van der Waals surface area contributed by atoms with Crippen molar-refractivity contribution in [2.45, 2.75) is 6.42 Å². The van der Waals surface area contributed by atoms with Gasteiger partial charge in [-0.25, -0.2) is 0 Å². The molecule has 0 aromatic heterocycles. The topological polar surface area (TPSA) is 60.2 Å². The van der Waals surface area contributed by atoms with E-state index in [-0.39, 0.29) is 11.5 Å². The van der Waals surface area contributed by atoms with Gasteiger partial charge in [0, 0.05) is 23.4 Å². The summed E-state index contributed by atoms with van der Waals surface area (Å²) in [5.41, 5.74) is 0.442. The number of carbonyl (C=O) groups excluding carboxylic acids is 1. The molecule has 0 amide bonds. The lowest BCUT2D eigenvalue weighted by molar-refractivity contribution is -0.385. The Kier molecular flexibility index (Phi) is 4.41. The molecule has 0 unspecified atom stereocenters. The van der Waals surface area contributed by atoms with Crippen molar-refractivity contribution in [1.82, 2.24) is 0 Å². The molecule has 0 radical (unpaired) electrons. The highest BCUT2D eigenvalue weighted by atomic mass is 79.9. The zero-order valence-corrected chi connectivity index (χ0v) is 10.7. The molecule has 6 heteroatoms. The molecule has 0 atom stereocenters. The molecule has 0 N–H and O–H groups in total. The van der Waals surface area contributed by atoms with Gasteiger partial charge >= 0.3 is 0 Å². The summed E-state index contributed by atoms with van der Waals surface area (Å²) in [6, 6.07) is 4.27. The first-order chi connectivity index (χ1) is 7.06. The normalized spacial score (nSPS) is 10.0. The molecule has 0 saturated carbocycles. The van der Waals surface area contributed by atoms with Crippen LogP contribution in [0.25, 0.3) is 0 Å². The number of rotatable bonds is 4. The van der Waals surface area contributed by atoms with Crippen LogP contribution < -0.4 is 0 Å². The second-order valence-electron chi connectivity index (χ2n) is 2.79. The van der Waals surface area contributed by atoms with E-state index in [1.54, 1.807) is 0 Å². The number of benzene rings is 1. The summed E-state index contributed by atoms with van der Waals surface area (Å²) in [6.07, 6.45) is 0.379. The molecular weight excluding hydrogens is 330 g/mol. The van der Waals surface area contributed by atoms with Gasteiger partial charge in [-0.15, -0.1) is 0 Å². The van der Waals surface area contributed by atoms with Crippen LogP contribution in [-0.4, -0.2) is 16.0 Å². The van der Waals surface area contributed by atoms with Crippen LogP contribution in [0.5, 0.6) is 0 Å². The van der Waals surface area contributed by atoms with E-state index in [0.717, 1.165) is 0 Å². The van der Waals surface area contributed by atoms with Gasteiger partial charge < -0.3 is 0 Å². The third-order valence-corrected chi connectivity index (χ3v) is 2.82. The van der Waals surface area contributed by atoms with Crippen LogP contribution >= 0.6 is 31.9 Å². The molecule has 1 rings (SSSR count). The summed E-state index contributed by atoms with van der Waals surface area (Å²) in [7, 11) is 0. The second-order valence-corrected chi connectivity index (χ2v) is 4.43. The number of hydrogen-bond acceptors (Lipinski definition) is 3. The van der Waals surface area contributed by atoms with Gasteiger partial charge in [-0.3, -0.25) is 14.9 Å². The van der Waals surface area contributed by atoms with Gasteiger partial charge in [0.05, 0.1) is 9.40 Å². The van der Waals surface area contributed by atoms with Crippen LogP contribution in [-0.2, 0) is 0 Å². The van der Waals surface area contributed by atoms with E-state index in [1.807, 2.05) is 0 Å². The number of nitro benzene ring substituents is 1. The Balaban J connectivity index is 3.01. The molecule has 0 bridgehead atoms. The van der Waals surface area contributed by atoms with Crippen LogP contribution in [0.15, 0.2) is 22.7 Å². The Bertz CT molecular complexity index is 406. The highest BCUT2D eigenvalue weighted by Crippen LogP contribution is 2.26. The first kappa shape index (κ1) is 12.3. The monoisotopic (exact) mass is 335 g/mol. The molecule has 0 aliphatic carbocycles. The van der Waals surface area contributed by atoms with Crippen molar-refractivity contribution >= 4 is 43.3 Å². The molecule has 4 nitrogen and oxygen atoms in total. The fourth-order valence-corrected chi connectivity index (χ4v) is 1.94. The van der Waals surface area contributed by atoms with Crippen LogP contribution in [0, 0.1) is 10.1 Å².